The second-order valence-corrected chi connectivity index (χ2v) is 5.06. The average Bonchev–Trinajstić information content (AvgIpc) is 2.37. The van der Waals surface area contributed by atoms with Crippen molar-refractivity contribution in [1.82, 2.24) is 10.3 Å². The Balaban J connectivity index is 2.02. The first kappa shape index (κ1) is 12.9. The van der Waals surface area contributed by atoms with Crippen LogP contribution in [0.15, 0.2) is 12.1 Å². The largest absolute Gasteiger partial charge is 0.433 e. The Bertz CT molecular complexity index is 489. The average molecular weight is 272 g/mol. The summed E-state index contributed by atoms with van der Waals surface area (Å²) in [6.07, 6.45) is -2.81. The molecule has 19 heavy (non-hydrogen) atoms. The third kappa shape index (κ3) is 2.23. The molecule has 3 rings (SSSR count). The van der Waals surface area contributed by atoms with Crippen molar-refractivity contribution < 1.29 is 17.9 Å². The van der Waals surface area contributed by atoms with Gasteiger partial charge in [-0.05, 0) is 37.9 Å². The van der Waals surface area contributed by atoms with Gasteiger partial charge in [-0.3, -0.25) is 0 Å². The molecule has 2 aliphatic rings. The molecule has 1 aromatic rings. The summed E-state index contributed by atoms with van der Waals surface area (Å²) < 4.78 is 43.9. The van der Waals surface area contributed by atoms with E-state index in [2.05, 4.69) is 10.3 Å². The lowest BCUT2D eigenvalue weighted by molar-refractivity contribution is -0.141. The highest BCUT2D eigenvalue weighted by Gasteiger charge is 2.39. The summed E-state index contributed by atoms with van der Waals surface area (Å²) in [6.45, 7) is 2.62. The van der Waals surface area contributed by atoms with Crippen LogP contribution in [0.3, 0.4) is 0 Å². The maximum Gasteiger partial charge on any atom is 0.433 e. The molecule has 3 nitrogen and oxygen atoms in total. The Morgan fingerprint density at radius 3 is 2.89 bits per heavy atom. The van der Waals surface area contributed by atoms with Crippen molar-refractivity contribution in [1.29, 1.82) is 0 Å². The number of hydrogen-bond donors (Lipinski definition) is 1. The molecule has 0 aromatic carbocycles. The Labute approximate surface area is 109 Å². The van der Waals surface area contributed by atoms with Crippen LogP contribution in [-0.2, 0) is 10.9 Å². The van der Waals surface area contributed by atoms with Crippen LogP contribution < -0.4 is 5.32 Å². The number of pyridine rings is 1. The summed E-state index contributed by atoms with van der Waals surface area (Å²) in [5.74, 6) is 0. The highest BCUT2D eigenvalue weighted by molar-refractivity contribution is 5.32. The van der Waals surface area contributed by atoms with E-state index >= 15 is 0 Å². The van der Waals surface area contributed by atoms with Gasteiger partial charge in [-0.25, -0.2) is 4.98 Å². The molecule has 1 fully saturated rings. The van der Waals surface area contributed by atoms with E-state index in [0.717, 1.165) is 31.0 Å². The summed E-state index contributed by atoms with van der Waals surface area (Å²) in [4.78, 5) is 3.77. The molecule has 0 aliphatic carbocycles. The monoisotopic (exact) mass is 272 g/mol. The molecule has 2 aliphatic heterocycles. The third-order valence-electron chi connectivity index (χ3n) is 3.75. The predicted molar refractivity (Wildman–Crippen MR) is 62.5 cm³/mol. The molecule has 104 valence electrons. The van der Waals surface area contributed by atoms with E-state index < -0.39 is 18.0 Å². The smallest absolute Gasteiger partial charge is 0.367 e. The van der Waals surface area contributed by atoms with Crippen molar-refractivity contribution in [2.75, 3.05) is 6.54 Å². The van der Waals surface area contributed by atoms with Crippen LogP contribution in [0.4, 0.5) is 13.2 Å². The first-order chi connectivity index (χ1) is 8.97. The molecular weight excluding hydrogens is 257 g/mol. The number of hydrogen-bond acceptors (Lipinski definition) is 3. The number of nitrogens with one attached hydrogen (secondary N) is 1. The summed E-state index contributed by atoms with van der Waals surface area (Å²) in [6, 6.07) is 2.57. The number of nitrogens with zero attached hydrogens (tertiary/aromatic N) is 1. The fourth-order valence-corrected chi connectivity index (χ4v) is 2.87. The van der Waals surface area contributed by atoms with Gasteiger partial charge in [-0.15, -0.1) is 0 Å². The first-order valence-electron chi connectivity index (χ1n) is 6.43. The van der Waals surface area contributed by atoms with Gasteiger partial charge in [0.15, 0.2) is 0 Å². The van der Waals surface area contributed by atoms with Gasteiger partial charge in [0.2, 0.25) is 0 Å². The Morgan fingerprint density at radius 2 is 2.16 bits per heavy atom. The first-order valence-corrected chi connectivity index (χ1v) is 6.43. The number of rotatable bonds is 0. The second-order valence-electron chi connectivity index (χ2n) is 5.06. The number of aromatic nitrogens is 1. The van der Waals surface area contributed by atoms with E-state index in [-0.39, 0.29) is 12.1 Å². The fraction of sp³-hybridized carbons (Fsp3) is 0.615. The van der Waals surface area contributed by atoms with Crippen LogP contribution >= 0.6 is 0 Å². The highest BCUT2D eigenvalue weighted by Crippen LogP contribution is 2.40. The van der Waals surface area contributed by atoms with Gasteiger partial charge in [0.25, 0.3) is 0 Å². The molecule has 1 saturated heterocycles. The standard InChI is InChI=1S/C13H15F3N2O/c1-7-11-8(4-5-10(18-11)13(14,15)16)12-9(19-7)3-2-6-17-12/h4-5,7,9,12,17H,2-3,6H2,1H3/t7-,9-,12-/m0/s1. The van der Waals surface area contributed by atoms with E-state index in [4.69, 9.17) is 4.74 Å². The Kier molecular flexibility index (Phi) is 3.02. The molecule has 0 saturated carbocycles. The van der Waals surface area contributed by atoms with Crippen molar-refractivity contribution in [3.63, 3.8) is 0 Å². The Morgan fingerprint density at radius 1 is 1.37 bits per heavy atom. The van der Waals surface area contributed by atoms with E-state index in [0.29, 0.717) is 5.69 Å². The lowest BCUT2D eigenvalue weighted by Crippen LogP contribution is -2.43. The van der Waals surface area contributed by atoms with Crippen LogP contribution in [0, 0.1) is 0 Å². The van der Waals surface area contributed by atoms with E-state index in [1.54, 1.807) is 13.0 Å². The van der Waals surface area contributed by atoms with Crippen LogP contribution in [0.1, 0.15) is 48.9 Å². The second kappa shape index (κ2) is 4.45. The number of fused-ring (bicyclic) bond motifs is 3. The molecule has 3 atom stereocenters. The molecule has 0 radical (unpaired) electrons. The van der Waals surface area contributed by atoms with E-state index in [1.165, 1.54) is 0 Å². The third-order valence-corrected chi connectivity index (χ3v) is 3.75. The zero-order valence-corrected chi connectivity index (χ0v) is 10.5. The van der Waals surface area contributed by atoms with Crippen LogP contribution in [-0.4, -0.2) is 17.6 Å². The van der Waals surface area contributed by atoms with Crippen molar-refractivity contribution >= 4 is 0 Å². The zero-order valence-electron chi connectivity index (χ0n) is 10.5. The fourth-order valence-electron chi connectivity index (χ4n) is 2.87. The van der Waals surface area contributed by atoms with Gasteiger partial charge >= 0.3 is 6.18 Å². The summed E-state index contributed by atoms with van der Waals surface area (Å²) in [5, 5.41) is 3.31. The SMILES string of the molecule is C[C@@H]1O[C@H]2CCCN[C@H]2c2ccc(C(F)(F)F)nc21. The van der Waals surface area contributed by atoms with Crippen molar-refractivity contribution in [3.05, 3.63) is 29.1 Å². The van der Waals surface area contributed by atoms with Gasteiger partial charge in [0, 0.05) is 0 Å². The minimum absolute atomic E-state index is 0.0327. The minimum Gasteiger partial charge on any atom is -0.367 e. The van der Waals surface area contributed by atoms with Crippen molar-refractivity contribution in [2.45, 2.75) is 44.2 Å². The molecule has 1 N–H and O–H groups in total. The Hall–Kier alpha value is -1.14. The van der Waals surface area contributed by atoms with Gasteiger partial charge in [0.05, 0.1) is 23.9 Å². The molecule has 1 aromatic heterocycles. The van der Waals surface area contributed by atoms with Gasteiger partial charge < -0.3 is 10.1 Å². The molecule has 0 bridgehead atoms. The lowest BCUT2D eigenvalue weighted by atomic mass is 9.89. The number of ether oxygens (including phenoxy) is 1. The normalized spacial score (nSPS) is 30.6. The summed E-state index contributed by atoms with van der Waals surface area (Å²) in [7, 11) is 0. The van der Waals surface area contributed by atoms with Crippen LogP contribution in [0.2, 0.25) is 0 Å². The molecule has 3 heterocycles. The molecular formula is C13H15F3N2O. The number of alkyl halides is 3. The number of halogens is 3. The number of piperidine rings is 1. The summed E-state index contributed by atoms with van der Waals surface area (Å²) in [5.41, 5.74) is 0.401. The van der Waals surface area contributed by atoms with Gasteiger partial charge in [-0.2, -0.15) is 13.2 Å². The maximum absolute atomic E-state index is 12.7. The molecule has 0 spiro atoms. The van der Waals surface area contributed by atoms with Gasteiger partial charge in [0.1, 0.15) is 5.69 Å². The topological polar surface area (TPSA) is 34.1 Å². The quantitative estimate of drug-likeness (QED) is 0.788. The van der Waals surface area contributed by atoms with Crippen LogP contribution in [0.25, 0.3) is 0 Å². The maximum atomic E-state index is 12.7. The molecule has 6 heteroatoms. The van der Waals surface area contributed by atoms with Gasteiger partial charge in [-0.1, -0.05) is 6.07 Å². The zero-order chi connectivity index (χ0) is 13.6. The summed E-state index contributed by atoms with van der Waals surface area (Å²) >= 11 is 0. The van der Waals surface area contributed by atoms with Crippen molar-refractivity contribution in [3.8, 4) is 0 Å². The lowest BCUT2D eigenvalue weighted by Gasteiger charge is -2.40. The van der Waals surface area contributed by atoms with Crippen LogP contribution in [0.5, 0.6) is 0 Å². The molecule has 0 amide bonds. The predicted octanol–water partition coefficient (Wildman–Crippen LogP) is 2.98. The van der Waals surface area contributed by atoms with E-state index in [9.17, 15) is 13.2 Å². The van der Waals surface area contributed by atoms with Crippen molar-refractivity contribution in [2.24, 2.45) is 0 Å². The van der Waals surface area contributed by atoms with E-state index in [1.807, 2.05) is 0 Å². The highest BCUT2D eigenvalue weighted by atomic mass is 19.4. The minimum atomic E-state index is -4.41. The molecule has 0 unspecified atom stereocenters.